The second kappa shape index (κ2) is 8.42. The summed E-state index contributed by atoms with van der Waals surface area (Å²) in [4.78, 5) is 0.538. The molecule has 0 bridgehead atoms. The molecule has 25 heavy (non-hydrogen) atoms. The zero-order valence-corrected chi connectivity index (χ0v) is 16.6. The molecule has 0 aromatic carbocycles. The van der Waals surface area contributed by atoms with Gasteiger partial charge in [0, 0.05) is 24.6 Å². The molecular formula is C14H25N3O5S3. The number of aliphatic hydroxyl groups is 1. The molecule has 0 aliphatic carbocycles. The average Bonchev–Trinajstić information content (AvgIpc) is 2.98. The van der Waals surface area contributed by atoms with Crippen molar-refractivity contribution in [1.82, 2.24) is 9.62 Å². The van der Waals surface area contributed by atoms with Gasteiger partial charge in [0.1, 0.15) is 4.21 Å². The van der Waals surface area contributed by atoms with E-state index in [0.29, 0.717) is 30.8 Å². The monoisotopic (exact) mass is 411 g/mol. The van der Waals surface area contributed by atoms with Gasteiger partial charge in [-0.05, 0) is 25.5 Å². The van der Waals surface area contributed by atoms with Gasteiger partial charge in [0.05, 0.1) is 10.9 Å². The highest BCUT2D eigenvalue weighted by atomic mass is 32.2. The molecule has 2 heterocycles. The van der Waals surface area contributed by atoms with Crippen molar-refractivity contribution in [2.75, 3.05) is 26.2 Å². The summed E-state index contributed by atoms with van der Waals surface area (Å²) >= 11 is 0.921. The van der Waals surface area contributed by atoms with E-state index in [1.165, 1.54) is 10.4 Å². The largest absolute Gasteiger partial charge is 0.396 e. The molecule has 8 nitrogen and oxygen atoms in total. The number of fused-ring (bicyclic) bond motifs is 1. The molecular weight excluding hydrogens is 386 g/mol. The summed E-state index contributed by atoms with van der Waals surface area (Å²) < 4.78 is 50.2. The number of thiophene rings is 1. The number of likely N-dealkylation sites (N-methyl/N-ethyl adjacent to an activating group) is 1. The van der Waals surface area contributed by atoms with Crippen molar-refractivity contribution in [1.29, 1.82) is 0 Å². The molecule has 1 aliphatic heterocycles. The SMILES string of the molecule is CCN[C@@H]1CN(CCCCCCO)S(=O)(=O)c2cc(S(N)(=O)=O)sc21. The summed E-state index contributed by atoms with van der Waals surface area (Å²) in [7, 11) is -7.68. The van der Waals surface area contributed by atoms with Crippen molar-refractivity contribution in [2.24, 2.45) is 5.14 Å². The average molecular weight is 412 g/mol. The van der Waals surface area contributed by atoms with Crippen LogP contribution in [0.15, 0.2) is 15.2 Å². The molecule has 2 rings (SSSR count). The number of sulfonamides is 2. The lowest BCUT2D eigenvalue weighted by Gasteiger charge is -2.32. The maximum atomic E-state index is 12.8. The summed E-state index contributed by atoms with van der Waals surface area (Å²) in [6.45, 7) is 3.33. The minimum Gasteiger partial charge on any atom is -0.396 e. The van der Waals surface area contributed by atoms with Crippen molar-refractivity contribution < 1.29 is 21.9 Å². The topological polar surface area (TPSA) is 130 Å². The van der Waals surface area contributed by atoms with Gasteiger partial charge in [-0.15, -0.1) is 11.3 Å². The number of hydrogen-bond donors (Lipinski definition) is 3. The first-order chi connectivity index (χ1) is 11.7. The number of primary sulfonamides is 1. The molecule has 144 valence electrons. The first kappa shape index (κ1) is 20.7. The van der Waals surface area contributed by atoms with Gasteiger partial charge in [-0.1, -0.05) is 19.8 Å². The van der Waals surface area contributed by atoms with Crippen molar-refractivity contribution in [3.8, 4) is 0 Å². The third-order valence-electron chi connectivity index (χ3n) is 4.07. The van der Waals surface area contributed by atoms with Crippen molar-refractivity contribution in [3.63, 3.8) is 0 Å². The van der Waals surface area contributed by atoms with E-state index in [1.807, 2.05) is 6.92 Å². The molecule has 0 spiro atoms. The predicted octanol–water partition coefficient (Wildman–Crippen LogP) is 0.603. The third-order valence-corrected chi connectivity index (χ3v) is 8.77. The minimum atomic E-state index is -3.95. The Bertz CT molecular complexity index is 789. The van der Waals surface area contributed by atoms with E-state index in [-0.39, 0.29) is 28.3 Å². The van der Waals surface area contributed by atoms with Gasteiger partial charge in [-0.3, -0.25) is 0 Å². The van der Waals surface area contributed by atoms with Crippen LogP contribution in [0.3, 0.4) is 0 Å². The van der Waals surface area contributed by atoms with Crippen LogP contribution in [0.2, 0.25) is 0 Å². The summed E-state index contributed by atoms with van der Waals surface area (Å²) in [6, 6.07) is 0.925. The molecule has 0 saturated carbocycles. The number of nitrogens with one attached hydrogen (secondary N) is 1. The van der Waals surface area contributed by atoms with Crippen LogP contribution in [0.4, 0.5) is 0 Å². The number of hydrogen-bond acceptors (Lipinski definition) is 7. The molecule has 0 fully saturated rings. The molecule has 1 aliphatic rings. The standard InChI is InChI=1S/C14H25N3O5S3/c1-2-16-11-10-17(7-5-3-4-6-8-18)25(21,22)12-9-13(23-14(11)12)24(15,19)20/h9,11,16,18H,2-8,10H2,1H3,(H2,15,19,20)/t11-/m1/s1. The van der Waals surface area contributed by atoms with Gasteiger partial charge >= 0.3 is 0 Å². The highest BCUT2D eigenvalue weighted by Gasteiger charge is 2.39. The lowest BCUT2D eigenvalue weighted by molar-refractivity contribution is 0.280. The molecule has 11 heteroatoms. The molecule has 0 saturated heterocycles. The van der Waals surface area contributed by atoms with E-state index in [4.69, 9.17) is 10.2 Å². The Labute approximate surface area is 153 Å². The van der Waals surface area contributed by atoms with E-state index in [0.717, 1.165) is 24.2 Å². The van der Waals surface area contributed by atoms with Gasteiger partial charge in [0.25, 0.3) is 0 Å². The van der Waals surface area contributed by atoms with E-state index in [2.05, 4.69) is 5.32 Å². The fourth-order valence-electron chi connectivity index (χ4n) is 2.84. The van der Waals surface area contributed by atoms with Gasteiger partial charge in [-0.25, -0.2) is 22.0 Å². The first-order valence-corrected chi connectivity index (χ1v) is 12.0. The Morgan fingerprint density at radius 2 is 2.04 bits per heavy atom. The number of nitrogens with zero attached hydrogens (tertiary/aromatic N) is 1. The molecule has 1 atom stereocenters. The minimum absolute atomic E-state index is 0.0362. The zero-order valence-electron chi connectivity index (χ0n) is 14.1. The van der Waals surface area contributed by atoms with E-state index in [1.54, 1.807) is 0 Å². The van der Waals surface area contributed by atoms with Crippen LogP contribution in [0.25, 0.3) is 0 Å². The Morgan fingerprint density at radius 1 is 1.36 bits per heavy atom. The third kappa shape index (κ3) is 4.79. The first-order valence-electron chi connectivity index (χ1n) is 8.22. The van der Waals surface area contributed by atoms with Gasteiger partial charge in [0.15, 0.2) is 0 Å². The normalized spacial score (nSPS) is 20.5. The summed E-state index contributed by atoms with van der Waals surface area (Å²) in [5.74, 6) is 0. The molecule has 1 aromatic heterocycles. The maximum Gasteiger partial charge on any atom is 0.247 e. The zero-order chi connectivity index (χ0) is 18.7. The molecule has 1 aromatic rings. The van der Waals surface area contributed by atoms with Crippen molar-refractivity contribution >= 4 is 31.4 Å². The second-order valence-electron chi connectivity index (χ2n) is 5.95. The Morgan fingerprint density at radius 3 is 2.64 bits per heavy atom. The highest BCUT2D eigenvalue weighted by molar-refractivity contribution is 7.92. The van der Waals surface area contributed by atoms with E-state index < -0.39 is 20.0 Å². The van der Waals surface area contributed by atoms with Crippen molar-refractivity contribution in [3.05, 3.63) is 10.9 Å². The molecule has 0 unspecified atom stereocenters. The van der Waals surface area contributed by atoms with Gasteiger partial charge < -0.3 is 10.4 Å². The summed E-state index contributed by atoms with van der Waals surface area (Å²) in [5.41, 5.74) is 0. The lowest BCUT2D eigenvalue weighted by atomic mass is 10.2. The molecule has 0 radical (unpaired) electrons. The van der Waals surface area contributed by atoms with Crippen LogP contribution in [0, 0.1) is 0 Å². The van der Waals surface area contributed by atoms with E-state index >= 15 is 0 Å². The van der Waals surface area contributed by atoms with Crippen LogP contribution in [0.5, 0.6) is 0 Å². The Hall–Kier alpha value is -0.560. The van der Waals surface area contributed by atoms with E-state index in [9.17, 15) is 16.8 Å². The Balaban J connectivity index is 2.27. The number of nitrogens with two attached hydrogens (primary N) is 1. The molecule has 4 N–H and O–H groups in total. The number of aliphatic hydroxyl groups excluding tert-OH is 1. The Kier molecular flexibility index (Phi) is 6.99. The van der Waals surface area contributed by atoms with Crippen LogP contribution in [-0.2, 0) is 20.0 Å². The second-order valence-corrected chi connectivity index (χ2v) is 10.7. The van der Waals surface area contributed by atoms with Crippen LogP contribution in [-0.4, -0.2) is 52.5 Å². The number of rotatable bonds is 9. The van der Waals surface area contributed by atoms with Crippen molar-refractivity contribution in [2.45, 2.75) is 47.8 Å². The van der Waals surface area contributed by atoms with Crippen LogP contribution in [0.1, 0.15) is 43.5 Å². The fourth-order valence-corrected chi connectivity index (χ4v) is 6.96. The summed E-state index contributed by atoms with van der Waals surface area (Å²) in [5, 5.41) is 17.2. The quantitative estimate of drug-likeness (QED) is 0.510. The van der Waals surface area contributed by atoms with Gasteiger partial charge in [0.2, 0.25) is 20.0 Å². The fraction of sp³-hybridized carbons (Fsp3) is 0.714. The predicted molar refractivity (Wildman–Crippen MR) is 96.4 cm³/mol. The highest BCUT2D eigenvalue weighted by Crippen LogP contribution is 2.39. The lowest BCUT2D eigenvalue weighted by Crippen LogP contribution is -2.43. The van der Waals surface area contributed by atoms with Gasteiger partial charge in [-0.2, -0.15) is 4.31 Å². The number of unbranched alkanes of at least 4 members (excludes halogenated alkanes) is 3. The summed E-state index contributed by atoms with van der Waals surface area (Å²) in [6.07, 6.45) is 3.08. The maximum absolute atomic E-state index is 12.8. The van der Waals surface area contributed by atoms with Crippen LogP contribution < -0.4 is 10.5 Å². The molecule has 0 amide bonds. The van der Waals surface area contributed by atoms with Crippen LogP contribution >= 0.6 is 11.3 Å². The smallest absolute Gasteiger partial charge is 0.247 e.